The number of aromatic nitrogens is 6. The third-order valence-electron chi connectivity index (χ3n) is 7.75. The SMILES string of the molecule is Cc1c(Cl)c(C)[n+]([O-])c(Cl)c1-c1noc(-c2cc(O)c(O)c([N+](=O)[O-])c2)n1.Cc1c(Cl)c(C)[n+]([O-])c(Cl)c1-c1noc(-c2cc(O)c(O)c([N+](=O)[O-])c2)n1. The number of hydrogen-bond acceptors (Lipinski definition) is 16. The molecule has 280 valence electrons. The average molecular weight is 826 g/mol. The second kappa shape index (κ2) is 14.7. The van der Waals surface area contributed by atoms with Gasteiger partial charge < -0.3 is 39.9 Å². The summed E-state index contributed by atoms with van der Waals surface area (Å²) in [4.78, 5) is 28.3. The average Bonchev–Trinajstić information content (AvgIpc) is 3.82. The lowest BCUT2D eigenvalue weighted by atomic mass is 10.1. The van der Waals surface area contributed by atoms with E-state index in [1.165, 1.54) is 13.8 Å². The number of rotatable bonds is 6. The maximum atomic E-state index is 12.1. The number of halogens is 4. The van der Waals surface area contributed by atoms with E-state index in [1.807, 2.05) is 0 Å². The maximum absolute atomic E-state index is 12.1. The molecule has 0 saturated carbocycles. The molecule has 2 aromatic carbocycles. The standard InChI is InChI=1S/2C15H10Cl2N4O6/c2*1-5-10(13(17)20(24)6(2)11(5)16)14-18-15(27-19-14)7-3-8(21(25)26)12(23)9(22)4-7/h2*3-4,22-23H,1-2H3. The van der Waals surface area contributed by atoms with Gasteiger partial charge in [0.25, 0.3) is 22.1 Å². The summed E-state index contributed by atoms with van der Waals surface area (Å²) in [5.74, 6) is -3.79. The Hall–Kier alpha value is -6.22. The molecule has 54 heavy (non-hydrogen) atoms. The van der Waals surface area contributed by atoms with Crippen molar-refractivity contribution in [2.75, 3.05) is 0 Å². The molecule has 0 aliphatic carbocycles. The summed E-state index contributed by atoms with van der Waals surface area (Å²) < 4.78 is 11.0. The lowest BCUT2D eigenvalue weighted by Gasteiger charge is -2.10. The largest absolute Gasteiger partial charge is 0.617 e. The van der Waals surface area contributed by atoms with E-state index in [9.17, 15) is 51.1 Å². The molecule has 6 rings (SSSR count). The number of nitro groups is 2. The van der Waals surface area contributed by atoms with Gasteiger partial charge in [0.2, 0.25) is 34.5 Å². The molecule has 24 heteroatoms. The predicted molar refractivity (Wildman–Crippen MR) is 187 cm³/mol. The van der Waals surface area contributed by atoms with Crippen LogP contribution in [0.4, 0.5) is 11.4 Å². The van der Waals surface area contributed by atoms with Crippen molar-refractivity contribution in [1.29, 1.82) is 0 Å². The molecular formula is C30H20Cl4N8O12. The zero-order chi connectivity index (χ0) is 40.1. The number of nitro benzene ring substituents is 2. The van der Waals surface area contributed by atoms with Gasteiger partial charge in [-0.2, -0.15) is 19.4 Å². The van der Waals surface area contributed by atoms with Crippen molar-refractivity contribution >= 4 is 57.8 Å². The van der Waals surface area contributed by atoms with E-state index in [-0.39, 0.29) is 77.4 Å². The zero-order valence-electron chi connectivity index (χ0n) is 27.5. The summed E-state index contributed by atoms with van der Waals surface area (Å²) in [6.45, 7) is 6.23. The monoisotopic (exact) mass is 824 g/mol. The molecule has 4 aromatic heterocycles. The van der Waals surface area contributed by atoms with Gasteiger partial charge in [-0.05, 0) is 60.3 Å². The summed E-state index contributed by atoms with van der Waals surface area (Å²) in [5, 5.41) is 92.0. The molecule has 0 aliphatic rings. The Bertz CT molecular complexity index is 2310. The smallest absolute Gasteiger partial charge is 0.315 e. The van der Waals surface area contributed by atoms with Crippen molar-refractivity contribution in [3.63, 3.8) is 0 Å². The van der Waals surface area contributed by atoms with Gasteiger partial charge in [-0.25, -0.2) is 0 Å². The van der Waals surface area contributed by atoms with Gasteiger partial charge >= 0.3 is 11.4 Å². The van der Waals surface area contributed by atoms with Crippen molar-refractivity contribution in [3.05, 3.63) is 97.8 Å². The Morgan fingerprint density at radius 2 is 0.963 bits per heavy atom. The highest BCUT2D eigenvalue weighted by Gasteiger charge is 2.29. The van der Waals surface area contributed by atoms with E-state index in [0.717, 1.165) is 24.3 Å². The Morgan fingerprint density at radius 3 is 1.28 bits per heavy atom. The van der Waals surface area contributed by atoms with E-state index in [4.69, 9.17) is 55.4 Å². The van der Waals surface area contributed by atoms with E-state index < -0.39 is 44.2 Å². The first-order valence-corrected chi connectivity index (χ1v) is 16.0. The molecule has 0 radical (unpaired) electrons. The molecule has 0 bridgehead atoms. The first-order valence-electron chi connectivity index (χ1n) is 14.5. The molecule has 0 spiro atoms. The van der Waals surface area contributed by atoms with Crippen LogP contribution in [0.3, 0.4) is 0 Å². The highest BCUT2D eigenvalue weighted by Crippen LogP contribution is 2.42. The van der Waals surface area contributed by atoms with Crippen LogP contribution in [0, 0.1) is 58.3 Å². The third kappa shape index (κ3) is 6.85. The van der Waals surface area contributed by atoms with Crippen LogP contribution in [0.25, 0.3) is 45.7 Å². The summed E-state index contributed by atoms with van der Waals surface area (Å²) in [5.41, 5.74) is 0.0391. The molecular weight excluding hydrogens is 806 g/mol. The van der Waals surface area contributed by atoms with Crippen LogP contribution in [0.15, 0.2) is 33.3 Å². The lowest BCUT2D eigenvalue weighted by Crippen LogP contribution is -2.33. The Morgan fingerprint density at radius 1 is 0.630 bits per heavy atom. The molecule has 0 saturated heterocycles. The second-order valence-electron chi connectivity index (χ2n) is 11.1. The predicted octanol–water partition coefficient (Wildman–Crippen LogP) is 6.56. The minimum Gasteiger partial charge on any atom is -0.617 e. The Balaban J connectivity index is 0.000000208. The fraction of sp³-hybridized carbons (Fsp3) is 0.133. The zero-order valence-corrected chi connectivity index (χ0v) is 30.5. The van der Waals surface area contributed by atoms with Gasteiger partial charge in [0.05, 0.1) is 21.0 Å². The molecule has 0 amide bonds. The molecule has 4 heterocycles. The van der Waals surface area contributed by atoms with E-state index in [0.29, 0.717) is 20.6 Å². The molecule has 0 fully saturated rings. The van der Waals surface area contributed by atoms with Crippen molar-refractivity contribution in [1.82, 2.24) is 20.3 Å². The number of aromatic hydroxyl groups is 4. The van der Waals surface area contributed by atoms with Gasteiger partial charge in [0.15, 0.2) is 11.5 Å². The summed E-state index contributed by atoms with van der Waals surface area (Å²) in [7, 11) is 0. The summed E-state index contributed by atoms with van der Waals surface area (Å²) in [6, 6.07) is 3.95. The molecule has 4 N–H and O–H groups in total. The van der Waals surface area contributed by atoms with Crippen molar-refractivity contribution in [3.8, 4) is 68.7 Å². The van der Waals surface area contributed by atoms with Crippen LogP contribution in [-0.2, 0) is 0 Å². The first kappa shape index (κ1) is 39.0. The minimum atomic E-state index is -0.889. The van der Waals surface area contributed by atoms with Crippen LogP contribution in [-0.4, -0.2) is 50.6 Å². The highest BCUT2D eigenvalue weighted by molar-refractivity contribution is 6.35. The van der Waals surface area contributed by atoms with E-state index in [2.05, 4.69) is 20.3 Å². The Labute approximate surface area is 320 Å². The van der Waals surface area contributed by atoms with Gasteiger partial charge in [0, 0.05) is 26.0 Å². The van der Waals surface area contributed by atoms with Crippen LogP contribution in [0.2, 0.25) is 20.4 Å². The quantitative estimate of drug-likeness (QED) is 0.0345. The number of benzene rings is 2. The van der Waals surface area contributed by atoms with Gasteiger partial charge in [-0.3, -0.25) is 20.2 Å². The van der Waals surface area contributed by atoms with Crippen molar-refractivity contribution in [2.45, 2.75) is 27.7 Å². The number of hydrogen-bond donors (Lipinski definition) is 4. The van der Waals surface area contributed by atoms with E-state index in [1.54, 1.807) is 13.8 Å². The highest BCUT2D eigenvalue weighted by atomic mass is 35.5. The molecule has 0 unspecified atom stereocenters. The second-order valence-corrected chi connectivity index (χ2v) is 12.5. The van der Waals surface area contributed by atoms with Crippen LogP contribution in [0.1, 0.15) is 22.5 Å². The molecule has 0 aliphatic heterocycles. The topological polar surface area (TPSA) is 299 Å². The number of nitrogens with zero attached hydrogens (tertiary/aromatic N) is 8. The lowest BCUT2D eigenvalue weighted by molar-refractivity contribution is -0.609. The molecule has 6 aromatic rings. The first-order chi connectivity index (χ1) is 25.3. The maximum Gasteiger partial charge on any atom is 0.315 e. The Kier molecular flexibility index (Phi) is 10.6. The van der Waals surface area contributed by atoms with Crippen molar-refractivity contribution in [2.24, 2.45) is 0 Å². The number of pyridine rings is 2. The van der Waals surface area contributed by atoms with Crippen molar-refractivity contribution < 1.29 is 48.8 Å². The van der Waals surface area contributed by atoms with Crippen LogP contribution >= 0.6 is 46.4 Å². The van der Waals surface area contributed by atoms with Crippen LogP contribution in [0.5, 0.6) is 23.0 Å². The van der Waals surface area contributed by atoms with Gasteiger partial charge in [-0.15, -0.1) is 0 Å². The minimum absolute atomic E-state index is 0.0160. The molecule has 20 nitrogen and oxygen atoms in total. The van der Waals surface area contributed by atoms with Gasteiger partial charge in [0.1, 0.15) is 21.2 Å². The van der Waals surface area contributed by atoms with Gasteiger partial charge in [-0.1, -0.05) is 33.5 Å². The number of phenolic OH excluding ortho intramolecular Hbond substituents is 4. The fourth-order valence-corrected chi connectivity index (χ4v) is 5.93. The summed E-state index contributed by atoms with van der Waals surface area (Å²) in [6.07, 6.45) is 0. The third-order valence-corrected chi connectivity index (χ3v) is 9.55. The van der Waals surface area contributed by atoms with Crippen LogP contribution < -0.4 is 9.46 Å². The summed E-state index contributed by atoms with van der Waals surface area (Å²) >= 11 is 24.4. The fourth-order valence-electron chi connectivity index (χ4n) is 4.89. The van der Waals surface area contributed by atoms with E-state index >= 15 is 0 Å². The number of phenols is 4. The molecule has 0 atom stereocenters. The normalized spacial score (nSPS) is 11.0.